The molecular weight excluding hydrogens is 212 g/mol. The minimum atomic E-state index is -1.14. The van der Waals surface area contributed by atoms with Gasteiger partial charge in [-0.2, -0.15) is 0 Å². The van der Waals surface area contributed by atoms with Crippen LogP contribution >= 0.6 is 0 Å². The zero-order valence-electron chi connectivity index (χ0n) is 9.79. The second-order valence-corrected chi connectivity index (χ2v) is 5.31. The monoisotopic (exact) mass is 234 g/mol. The second kappa shape index (κ2) is 7.82. The second-order valence-electron chi connectivity index (χ2n) is 3.81. The van der Waals surface area contributed by atoms with Crippen LogP contribution in [0.1, 0.15) is 33.6 Å². The first-order valence-electron chi connectivity index (χ1n) is 5.39. The summed E-state index contributed by atoms with van der Waals surface area (Å²) in [7, 11) is -1.14. The van der Waals surface area contributed by atoms with E-state index in [0.29, 0.717) is 5.75 Å². The van der Waals surface area contributed by atoms with Crippen molar-refractivity contribution in [3.63, 3.8) is 0 Å². The van der Waals surface area contributed by atoms with Crippen LogP contribution < -0.4 is 11.1 Å². The first kappa shape index (κ1) is 14.6. The third-order valence-electron chi connectivity index (χ3n) is 2.09. The Morgan fingerprint density at radius 2 is 1.93 bits per heavy atom. The normalized spacial score (nSPS) is 15.0. The minimum absolute atomic E-state index is 0.0675. The summed E-state index contributed by atoms with van der Waals surface area (Å²) in [6.07, 6.45) is 1.81. The Bertz CT molecular complexity index is 215. The summed E-state index contributed by atoms with van der Waals surface area (Å²) < 4.78 is 11.4. The van der Waals surface area contributed by atoms with Crippen molar-refractivity contribution in [2.24, 2.45) is 5.73 Å². The lowest BCUT2D eigenvalue weighted by Crippen LogP contribution is -2.38. The lowest BCUT2D eigenvalue weighted by molar-refractivity contribution is -0.119. The molecule has 0 aliphatic heterocycles. The Morgan fingerprint density at radius 1 is 1.40 bits per heavy atom. The Hall–Kier alpha value is -0.420. The molecule has 0 fully saturated rings. The Labute approximate surface area is 94.4 Å². The summed E-state index contributed by atoms with van der Waals surface area (Å²) in [5.41, 5.74) is 5.50. The summed E-state index contributed by atoms with van der Waals surface area (Å²) in [5.74, 6) is 0.316. The Balaban J connectivity index is 3.87. The summed E-state index contributed by atoms with van der Waals surface area (Å²) in [5, 5.41) is 2.85. The van der Waals surface area contributed by atoms with Crippen molar-refractivity contribution < 1.29 is 9.00 Å². The summed E-state index contributed by atoms with van der Waals surface area (Å²) in [6.45, 7) is 5.83. The van der Waals surface area contributed by atoms with Gasteiger partial charge in [-0.15, -0.1) is 0 Å². The van der Waals surface area contributed by atoms with E-state index in [1.54, 1.807) is 6.92 Å². The molecule has 4 nitrogen and oxygen atoms in total. The highest BCUT2D eigenvalue weighted by Gasteiger charge is 2.12. The van der Waals surface area contributed by atoms with Crippen molar-refractivity contribution >= 4 is 16.7 Å². The van der Waals surface area contributed by atoms with Crippen molar-refractivity contribution in [1.82, 2.24) is 5.32 Å². The fourth-order valence-electron chi connectivity index (χ4n) is 1.26. The SMILES string of the molecule is CCC(CC)NC(=O)CS(=O)CC(C)N. The number of carbonyl (C=O) groups is 1. The Kier molecular flexibility index (Phi) is 7.60. The maximum atomic E-state index is 11.4. The van der Waals surface area contributed by atoms with E-state index in [2.05, 4.69) is 5.32 Å². The largest absolute Gasteiger partial charge is 0.353 e. The molecule has 0 aliphatic carbocycles. The first-order valence-corrected chi connectivity index (χ1v) is 6.88. The minimum Gasteiger partial charge on any atom is -0.353 e. The standard InChI is InChI=1S/C10H22N2O2S/c1-4-9(5-2)12-10(13)7-15(14)6-8(3)11/h8-9H,4-7,11H2,1-3H3,(H,12,13). The van der Waals surface area contributed by atoms with Gasteiger partial charge >= 0.3 is 0 Å². The van der Waals surface area contributed by atoms with Gasteiger partial charge in [-0.05, 0) is 19.8 Å². The number of carbonyl (C=O) groups excluding carboxylic acids is 1. The van der Waals surface area contributed by atoms with Gasteiger partial charge in [0.25, 0.3) is 0 Å². The molecule has 0 aromatic rings. The van der Waals surface area contributed by atoms with Gasteiger partial charge in [0.05, 0.1) is 0 Å². The molecular formula is C10H22N2O2S. The zero-order chi connectivity index (χ0) is 11.8. The fourth-order valence-corrected chi connectivity index (χ4v) is 2.34. The van der Waals surface area contributed by atoms with Crippen LogP contribution in [0.15, 0.2) is 0 Å². The highest BCUT2D eigenvalue weighted by atomic mass is 32.2. The van der Waals surface area contributed by atoms with E-state index < -0.39 is 10.8 Å². The molecule has 0 radical (unpaired) electrons. The zero-order valence-corrected chi connectivity index (χ0v) is 10.6. The van der Waals surface area contributed by atoms with E-state index in [1.807, 2.05) is 13.8 Å². The van der Waals surface area contributed by atoms with E-state index >= 15 is 0 Å². The van der Waals surface area contributed by atoms with E-state index in [9.17, 15) is 9.00 Å². The topological polar surface area (TPSA) is 72.2 Å². The van der Waals surface area contributed by atoms with Crippen LogP contribution in [0.25, 0.3) is 0 Å². The predicted octanol–water partition coefficient (Wildman–Crippen LogP) is 0.387. The molecule has 0 spiro atoms. The molecule has 0 aliphatic rings. The van der Waals surface area contributed by atoms with Gasteiger partial charge in [-0.3, -0.25) is 9.00 Å². The van der Waals surface area contributed by atoms with E-state index in [1.165, 1.54) is 0 Å². The molecule has 15 heavy (non-hydrogen) atoms. The molecule has 0 aromatic heterocycles. The van der Waals surface area contributed by atoms with Gasteiger partial charge in [0.1, 0.15) is 5.75 Å². The fraction of sp³-hybridized carbons (Fsp3) is 0.900. The number of amides is 1. The molecule has 2 unspecified atom stereocenters. The molecule has 1 amide bonds. The van der Waals surface area contributed by atoms with Crippen molar-refractivity contribution in [2.75, 3.05) is 11.5 Å². The molecule has 2 atom stereocenters. The van der Waals surface area contributed by atoms with Crippen LogP contribution in [0.5, 0.6) is 0 Å². The smallest absolute Gasteiger partial charge is 0.232 e. The van der Waals surface area contributed by atoms with E-state index in [-0.39, 0.29) is 23.7 Å². The highest BCUT2D eigenvalue weighted by Crippen LogP contribution is 1.96. The van der Waals surface area contributed by atoms with Gasteiger partial charge < -0.3 is 11.1 Å². The average molecular weight is 234 g/mol. The third kappa shape index (κ3) is 7.50. The molecule has 0 saturated carbocycles. The van der Waals surface area contributed by atoms with Crippen LogP contribution in [0.3, 0.4) is 0 Å². The molecule has 0 heterocycles. The predicted molar refractivity (Wildman–Crippen MR) is 64.0 cm³/mol. The van der Waals surface area contributed by atoms with Gasteiger partial charge in [0, 0.05) is 28.6 Å². The lowest BCUT2D eigenvalue weighted by atomic mass is 10.2. The number of nitrogens with two attached hydrogens (primary N) is 1. The van der Waals surface area contributed by atoms with Gasteiger partial charge in [0.15, 0.2) is 0 Å². The number of rotatable bonds is 7. The molecule has 3 N–H and O–H groups in total. The number of nitrogens with one attached hydrogen (secondary N) is 1. The molecule has 0 rings (SSSR count). The van der Waals surface area contributed by atoms with Crippen molar-refractivity contribution in [2.45, 2.75) is 45.7 Å². The Morgan fingerprint density at radius 3 is 2.33 bits per heavy atom. The summed E-state index contributed by atoms with van der Waals surface area (Å²) in [4.78, 5) is 11.4. The quantitative estimate of drug-likeness (QED) is 0.669. The number of hydrogen-bond acceptors (Lipinski definition) is 3. The van der Waals surface area contributed by atoms with Crippen LogP contribution in [-0.2, 0) is 15.6 Å². The van der Waals surface area contributed by atoms with Gasteiger partial charge in [-0.25, -0.2) is 0 Å². The average Bonchev–Trinajstić information content (AvgIpc) is 2.12. The third-order valence-corrected chi connectivity index (χ3v) is 3.57. The molecule has 0 saturated heterocycles. The molecule has 0 aromatic carbocycles. The molecule has 90 valence electrons. The first-order chi connectivity index (χ1) is 6.99. The maximum absolute atomic E-state index is 11.4. The van der Waals surface area contributed by atoms with Gasteiger partial charge in [-0.1, -0.05) is 13.8 Å². The highest BCUT2D eigenvalue weighted by molar-refractivity contribution is 7.85. The van der Waals surface area contributed by atoms with Crippen LogP contribution in [0.2, 0.25) is 0 Å². The van der Waals surface area contributed by atoms with Crippen LogP contribution in [-0.4, -0.2) is 33.7 Å². The van der Waals surface area contributed by atoms with Crippen LogP contribution in [0.4, 0.5) is 0 Å². The van der Waals surface area contributed by atoms with Crippen molar-refractivity contribution in [3.05, 3.63) is 0 Å². The van der Waals surface area contributed by atoms with Crippen molar-refractivity contribution in [1.29, 1.82) is 0 Å². The number of hydrogen-bond donors (Lipinski definition) is 2. The van der Waals surface area contributed by atoms with E-state index in [4.69, 9.17) is 5.73 Å². The van der Waals surface area contributed by atoms with Crippen LogP contribution in [0, 0.1) is 0 Å². The van der Waals surface area contributed by atoms with Crippen molar-refractivity contribution in [3.8, 4) is 0 Å². The summed E-state index contributed by atoms with van der Waals surface area (Å²) >= 11 is 0. The molecule has 0 bridgehead atoms. The maximum Gasteiger partial charge on any atom is 0.232 e. The lowest BCUT2D eigenvalue weighted by Gasteiger charge is -2.14. The van der Waals surface area contributed by atoms with E-state index in [0.717, 1.165) is 12.8 Å². The summed E-state index contributed by atoms with van der Waals surface area (Å²) in [6, 6.07) is 0.0802. The molecule has 5 heteroatoms. The van der Waals surface area contributed by atoms with Gasteiger partial charge in [0.2, 0.25) is 5.91 Å².